The average molecular weight is 299 g/mol. The summed E-state index contributed by atoms with van der Waals surface area (Å²) in [5.74, 6) is 2.25. The second-order valence-electron chi connectivity index (χ2n) is 3.57. The maximum atomic E-state index is 5.61. The first-order valence-electron chi connectivity index (χ1n) is 5.19. The Morgan fingerprint density at radius 2 is 2.00 bits per heavy atom. The van der Waals surface area contributed by atoms with Crippen LogP contribution in [-0.2, 0) is 9.47 Å². The molecule has 1 aromatic heterocycles. The van der Waals surface area contributed by atoms with Crippen LogP contribution in [0.4, 0.5) is 0 Å². The molecule has 2 nitrogen and oxygen atoms in total. The predicted molar refractivity (Wildman–Crippen MR) is 67.7 cm³/mol. The Bertz CT molecular complexity index is 503. The van der Waals surface area contributed by atoms with Crippen LogP contribution in [0.2, 0.25) is 5.82 Å². The van der Waals surface area contributed by atoms with Crippen molar-refractivity contribution in [3.05, 3.63) is 29.1 Å². The third-order valence-electron chi connectivity index (χ3n) is 2.62. The molecule has 1 aromatic carbocycles. The average Bonchev–Trinajstić information content (AvgIpc) is 2.95. The van der Waals surface area contributed by atoms with E-state index >= 15 is 0 Å². The summed E-state index contributed by atoms with van der Waals surface area (Å²) in [6.07, 6.45) is -0.116. The van der Waals surface area contributed by atoms with Gasteiger partial charge in [0.1, 0.15) is 0 Å². The molecule has 2 heterocycles. The summed E-state index contributed by atoms with van der Waals surface area (Å²) in [5, 5.41) is 1.38. The van der Waals surface area contributed by atoms with Gasteiger partial charge in [0, 0.05) is 0 Å². The molecule has 0 aliphatic carbocycles. The van der Waals surface area contributed by atoms with Crippen molar-refractivity contribution in [3.8, 4) is 0 Å². The Morgan fingerprint density at radius 3 is 2.75 bits per heavy atom. The van der Waals surface area contributed by atoms with E-state index in [1.807, 2.05) is 11.3 Å². The zero-order valence-electron chi connectivity index (χ0n) is 8.93. The van der Waals surface area contributed by atoms with Crippen LogP contribution in [0, 0.1) is 0 Å². The number of fused-ring (bicyclic) bond motifs is 1. The Balaban J connectivity index is 2.15. The van der Waals surface area contributed by atoms with Gasteiger partial charge in [0.2, 0.25) is 0 Å². The van der Waals surface area contributed by atoms with Crippen LogP contribution < -0.4 is 4.46 Å². The molecule has 3 rings (SSSR count). The quantitative estimate of drug-likeness (QED) is 0.792. The number of benzene rings is 1. The van der Waals surface area contributed by atoms with Crippen LogP contribution in [0.15, 0.2) is 24.3 Å². The van der Waals surface area contributed by atoms with E-state index in [4.69, 9.17) is 9.47 Å². The summed E-state index contributed by atoms with van der Waals surface area (Å²) in [6, 6.07) is 8.56. The SMILES string of the molecule is C[Se]c1c(C2OCCO2)sc2ccccc12. The minimum atomic E-state index is -0.116. The number of rotatable bonds is 2. The first kappa shape index (κ1) is 10.8. The van der Waals surface area contributed by atoms with Crippen molar-refractivity contribution in [2.75, 3.05) is 13.2 Å². The van der Waals surface area contributed by atoms with Gasteiger partial charge in [-0.15, -0.1) is 0 Å². The van der Waals surface area contributed by atoms with Gasteiger partial charge >= 0.3 is 105 Å². The van der Waals surface area contributed by atoms with Crippen LogP contribution in [0.3, 0.4) is 0 Å². The fraction of sp³-hybridized carbons (Fsp3) is 0.333. The summed E-state index contributed by atoms with van der Waals surface area (Å²) in [4.78, 5) is 1.28. The van der Waals surface area contributed by atoms with Gasteiger partial charge in [-0.2, -0.15) is 0 Å². The molecule has 16 heavy (non-hydrogen) atoms. The third-order valence-corrected chi connectivity index (χ3v) is 5.88. The van der Waals surface area contributed by atoms with Crippen LogP contribution in [0.1, 0.15) is 11.2 Å². The van der Waals surface area contributed by atoms with Crippen LogP contribution in [-0.4, -0.2) is 28.2 Å². The summed E-state index contributed by atoms with van der Waals surface area (Å²) < 4.78 is 14.0. The molecular weight excluding hydrogens is 287 g/mol. The Kier molecular flexibility index (Phi) is 3.01. The zero-order valence-corrected chi connectivity index (χ0v) is 11.5. The topological polar surface area (TPSA) is 18.5 Å². The van der Waals surface area contributed by atoms with Gasteiger partial charge in [0.25, 0.3) is 0 Å². The van der Waals surface area contributed by atoms with E-state index in [1.165, 1.54) is 19.4 Å². The molecule has 0 unspecified atom stereocenters. The van der Waals surface area contributed by atoms with Gasteiger partial charge in [-0.25, -0.2) is 0 Å². The molecule has 1 saturated heterocycles. The molecule has 84 valence electrons. The van der Waals surface area contributed by atoms with E-state index in [-0.39, 0.29) is 6.29 Å². The molecule has 1 aliphatic heterocycles. The van der Waals surface area contributed by atoms with Crippen molar-refractivity contribution in [1.82, 2.24) is 0 Å². The normalized spacial score (nSPS) is 17.3. The fourth-order valence-electron chi connectivity index (χ4n) is 1.92. The molecule has 1 fully saturated rings. The molecule has 0 bridgehead atoms. The first-order chi connectivity index (χ1) is 7.90. The van der Waals surface area contributed by atoms with Crippen LogP contribution >= 0.6 is 11.3 Å². The van der Waals surface area contributed by atoms with E-state index in [0.29, 0.717) is 15.0 Å². The molecule has 1 aliphatic rings. The van der Waals surface area contributed by atoms with E-state index < -0.39 is 0 Å². The third kappa shape index (κ3) is 1.71. The Hall–Kier alpha value is -0.381. The van der Waals surface area contributed by atoms with Crippen molar-refractivity contribution < 1.29 is 9.47 Å². The number of thiophene rings is 1. The summed E-state index contributed by atoms with van der Waals surface area (Å²) in [7, 11) is 0. The number of hydrogen-bond donors (Lipinski definition) is 0. The second-order valence-corrected chi connectivity index (χ2v) is 6.37. The molecule has 0 amide bonds. The standard InChI is InChI=1S/C12H12O2SSe/c1-16-11-8-4-2-3-5-9(8)15-10(11)12-13-6-7-14-12/h2-5,12H,6-7H2,1H3. The molecule has 4 heteroatoms. The van der Waals surface area contributed by atoms with Gasteiger partial charge in [-0.05, 0) is 0 Å². The van der Waals surface area contributed by atoms with Gasteiger partial charge in [0.05, 0.1) is 0 Å². The van der Waals surface area contributed by atoms with E-state index in [2.05, 4.69) is 30.1 Å². The van der Waals surface area contributed by atoms with Crippen molar-refractivity contribution in [2.45, 2.75) is 12.1 Å². The first-order valence-corrected chi connectivity index (χ1v) is 8.57. The van der Waals surface area contributed by atoms with Crippen molar-refractivity contribution >= 4 is 40.8 Å². The van der Waals surface area contributed by atoms with Crippen LogP contribution in [0.5, 0.6) is 0 Å². The molecule has 0 spiro atoms. The molecular formula is C12H12O2SSe. The Morgan fingerprint density at radius 1 is 1.25 bits per heavy atom. The fourth-order valence-corrected chi connectivity index (χ4v) is 5.31. The molecule has 2 aromatic rings. The van der Waals surface area contributed by atoms with Gasteiger partial charge in [-0.1, -0.05) is 0 Å². The molecule has 0 radical (unpaired) electrons. The summed E-state index contributed by atoms with van der Waals surface area (Å²) in [6.45, 7) is 1.43. The van der Waals surface area contributed by atoms with Crippen molar-refractivity contribution in [1.29, 1.82) is 0 Å². The van der Waals surface area contributed by atoms with Crippen molar-refractivity contribution in [2.24, 2.45) is 0 Å². The van der Waals surface area contributed by atoms with E-state index in [0.717, 1.165) is 13.2 Å². The van der Waals surface area contributed by atoms with Crippen molar-refractivity contribution in [3.63, 3.8) is 0 Å². The Labute approximate surface area is 105 Å². The van der Waals surface area contributed by atoms with Gasteiger partial charge in [-0.3, -0.25) is 0 Å². The predicted octanol–water partition coefficient (Wildman–Crippen LogP) is 2.32. The molecule has 0 N–H and O–H groups in total. The van der Waals surface area contributed by atoms with E-state index in [9.17, 15) is 0 Å². The summed E-state index contributed by atoms with van der Waals surface area (Å²) in [5.41, 5.74) is 0. The van der Waals surface area contributed by atoms with E-state index in [1.54, 1.807) is 0 Å². The zero-order chi connectivity index (χ0) is 11.0. The molecule has 0 saturated carbocycles. The van der Waals surface area contributed by atoms with Crippen LogP contribution in [0.25, 0.3) is 10.1 Å². The number of ether oxygens (including phenoxy) is 2. The maximum absolute atomic E-state index is 5.61. The van der Waals surface area contributed by atoms with Gasteiger partial charge in [0.15, 0.2) is 0 Å². The molecule has 0 atom stereocenters. The van der Waals surface area contributed by atoms with Gasteiger partial charge < -0.3 is 0 Å². The minimum absolute atomic E-state index is 0.116. The summed E-state index contributed by atoms with van der Waals surface area (Å²) >= 11 is 2.29. The number of hydrogen-bond acceptors (Lipinski definition) is 3. The second kappa shape index (κ2) is 4.47. The monoisotopic (exact) mass is 300 g/mol.